The summed E-state index contributed by atoms with van der Waals surface area (Å²) in [5.41, 5.74) is 1.81. The number of likely N-dealkylation sites (N-methyl/N-ethyl adjacent to an activating group) is 1. The number of carbonyl (C=O) groups is 2. The van der Waals surface area contributed by atoms with Crippen molar-refractivity contribution in [2.24, 2.45) is 0 Å². The highest BCUT2D eigenvalue weighted by Gasteiger charge is 2.21. The lowest BCUT2D eigenvalue weighted by Gasteiger charge is -2.23. The molecule has 122 valence electrons. The minimum absolute atomic E-state index is 0.0512. The maximum Gasteiger partial charge on any atom is 0.251 e. The molecular weight excluding hydrogens is 276 g/mol. The highest BCUT2D eigenvalue weighted by atomic mass is 16.2. The first-order chi connectivity index (χ1) is 10.2. The molecule has 0 unspecified atom stereocenters. The molecule has 0 spiro atoms. The van der Waals surface area contributed by atoms with Gasteiger partial charge in [-0.25, -0.2) is 0 Å². The van der Waals surface area contributed by atoms with Gasteiger partial charge in [0.1, 0.15) is 6.04 Å². The van der Waals surface area contributed by atoms with Crippen molar-refractivity contribution in [3.63, 3.8) is 0 Å². The Hall–Kier alpha value is -1.84. The van der Waals surface area contributed by atoms with Crippen molar-refractivity contribution in [2.45, 2.75) is 53.0 Å². The van der Waals surface area contributed by atoms with E-state index in [1.165, 1.54) is 5.56 Å². The van der Waals surface area contributed by atoms with Crippen molar-refractivity contribution in [1.29, 1.82) is 0 Å². The summed E-state index contributed by atoms with van der Waals surface area (Å²) in [6, 6.07) is 7.03. The van der Waals surface area contributed by atoms with Crippen LogP contribution in [0.15, 0.2) is 24.3 Å². The van der Waals surface area contributed by atoms with Crippen molar-refractivity contribution < 1.29 is 9.59 Å². The average Bonchev–Trinajstić information content (AvgIpc) is 2.47. The van der Waals surface area contributed by atoms with Crippen LogP contribution in [0.3, 0.4) is 0 Å². The van der Waals surface area contributed by atoms with E-state index in [-0.39, 0.29) is 17.2 Å². The molecule has 0 aliphatic heterocycles. The van der Waals surface area contributed by atoms with Gasteiger partial charge in [-0.2, -0.15) is 0 Å². The second kappa shape index (κ2) is 7.43. The predicted molar refractivity (Wildman–Crippen MR) is 90.0 cm³/mol. The van der Waals surface area contributed by atoms with Crippen LogP contribution >= 0.6 is 0 Å². The van der Waals surface area contributed by atoms with Gasteiger partial charge in [0.25, 0.3) is 5.91 Å². The number of nitrogens with one attached hydrogen (secondary N) is 1. The van der Waals surface area contributed by atoms with Crippen LogP contribution in [0.2, 0.25) is 0 Å². The first-order valence-corrected chi connectivity index (χ1v) is 7.90. The maximum absolute atomic E-state index is 12.2. The normalized spacial score (nSPS) is 12.6. The lowest BCUT2D eigenvalue weighted by molar-refractivity contribution is -0.132. The van der Waals surface area contributed by atoms with Gasteiger partial charge in [-0.05, 0) is 43.9 Å². The molecule has 1 atom stereocenters. The lowest BCUT2D eigenvalue weighted by atomic mass is 9.86. The molecule has 0 aromatic heterocycles. The first kappa shape index (κ1) is 18.2. The monoisotopic (exact) mass is 304 g/mol. The zero-order valence-corrected chi connectivity index (χ0v) is 14.6. The molecule has 0 aliphatic carbocycles. The fraction of sp³-hybridized carbons (Fsp3) is 0.556. The van der Waals surface area contributed by atoms with Crippen molar-refractivity contribution in [2.75, 3.05) is 13.1 Å². The maximum atomic E-state index is 12.2. The number of hydrogen-bond donors (Lipinski definition) is 1. The van der Waals surface area contributed by atoms with Crippen LogP contribution in [-0.4, -0.2) is 35.8 Å². The molecule has 0 fully saturated rings. The van der Waals surface area contributed by atoms with Gasteiger partial charge in [-0.15, -0.1) is 0 Å². The van der Waals surface area contributed by atoms with Gasteiger partial charge < -0.3 is 10.2 Å². The van der Waals surface area contributed by atoms with Crippen molar-refractivity contribution >= 4 is 11.8 Å². The van der Waals surface area contributed by atoms with Crippen LogP contribution in [0.5, 0.6) is 0 Å². The Morgan fingerprint density at radius 1 is 1.09 bits per heavy atom. The van der Waals surface area contributed by atoms with Gasteiger partial charge in [0.15, 0.2) is 0 Å². The summed E-state index contributed by atoms with van der Waals surface area (Å²) >= 11 is 0. The van der Waals surface area contributed by atoms with Gasteiger partial charge in [0.2, 0.25) is 5.91 Å². The zero-order chi connectivity index (χ0) is 16.9. The Labute approximate surface area is 133 Å². The van der Waals surface area contributed by atoms with E-state index in [4.69, 9.17) is 0 Å². The Bertz CT molecular complexity index is 511. The SMILES string of the molecule is CCN(CC)C(=O)[C@@H](C)NC(=O)c1ccc(C(C)(C)C)cc1. The largest absolute Gasteiger partial charge is 0.341 e. The molecule has 1 N–H and O–H groups in total. The van der Waals surface area contributed by atoms with Crippen molar-refractivity contribution in [3.05, 3.63) is 35.4 Å². The Kier molecular flexibility index (Phi) is 6.15. The molecule has 0 aliphatic rings. The molecule has 0 radical (unpaired) electrons. The van der Waals surface area contributed by atoms with Crippen molar-refractivity contribution in [3.8, 4) is 0 Å². The van der Waals surface area contributed by atoms with Crippen LogP contribution in [0.4, 0.5) is 0 Å². The van der Waals surface area contributed by atoms with Crippen LogP contribution in [0.25, 0.3) is 0 Å². The molecule has 2 amide bonds. The summed E-state index contributed by atoms with van der Waals surface area (Å²) in [5, 5.41) is 2.77. The summed E-state index contributed by atoms with van der Waals surface area (Å²) < 4.78 is 0. The van der Waals surface area contributed by atoms with Crippen LogP contribution < -0.4 is 5.32 Å². The highest BCUT2D eigenvalue weighted by molar-refractivity contribution is 5.97. The van der Waals surface area contributed by atoms with Gasteiger partial charge in [0.05, 0.1) is 0 Å². The summed E-state index contributed by atoms with van der Waals surface area (Å²) in [5.74, 6) is -0.266. The summed E-state index contributed by atoms with van der Waals surface area (Å²) in [7, 11) is 0. The molecule has 0 bridgehead atoms. The number of hydrogen-bond acceptors (Lipinski definition) is 2. The van der Waals surface area contributed by atoms with E-state index < -0.39 is 6.04 Å². The van der Waals surface area contributed by atoms with Crippen LogP contribution in [0, 0.1) is 0 Å². The number of amides is 2. The molecule has 1 aromatic carbocycles. The van der Waals surface area contributed by atoms with E-state index >= 15 is 0 Å². The second-order valence-corrected chi connectivity index (χ2v) is 6.53. The van der Waals surface area contributed by atoms with E-state index in [1.54, 1.807) is 11.8 Å². The van der Waals surface area contributed by atoms with Crippen LogP contribution in [-0.2, 0) is 10.2 Å². The molecular formula is C18H28N2O2. The van der Waals surface area contributed by atoms with Crippen LogP contribution in [0.1, 0.15) is 57.5 Å². The number of carbonyl (C=O) groups excluding carboxylic acids is 2. The lowest BCUT2D eigenvalue weighted by Crippen LogP contribution is -2.46. The van der Waals surface area contributed by atoms with Gasteiger partial charge in [-0.1, -0.05) is 32.9 Å². The van der Waals surface area contributed by atoms with E-state index in [1.807, 2.05) is 38.1 Å². The third-order valence-corrected chi connectivity index (χ3v) is 3.81. The van der Waals surface area contributed by atoms with E-state index in [0.717, 1.165) is 0 Å². The molecule has 4 nitrogen and oxygen atoms in total. The average molecular weight is 304 g/mol. The molecule has 22 heavy (non-hydrogen) atoms. The third kappa shape index (κ3) is 4.58. The number of benzene rings is 1. The van der Waals surface area contributed by atoms with E-state index in [0.29, 0.717) is 18.7 Å². The molecule has 1 aromatic rings. The topological polar surface area (TPSA) is 49.4 Å². The number of nitrogens with zero attached hydrogens (tertiary/aromatic N) is 1. The Morgan fingerprint density at radius 3 is 2.00 bits per heavy atom. The minimum Gasteiger partial charge on any atom is -0.341 e. The quantitative estimate of drug-likeness (QED) is 0.909. The fourth-order valence-corrected chi connectivity index (χ4v) is 2.27. The van der Waals surface area contributed by atoms with E-state index in [2.05, 4.69) is 26.1 Å². The molecule has 0 saturated heterocycles. The first-order valence-electron chi connectivity index (χ1n) is 7.90. The fourth-order valence-electron chi connectivity index (χ4n) is 2.27. The molecule has 0 saturated carbocycles. The summed E-state index contributed by atoms with van der Waals surface area (Å²) in [6.07, 6.45) is 0. The highest BCUT2D eigenvalue weighted by Crippen LogP contribution is 2.22. The summed E-state index contributed by atoms with van der Waals surface area (Å²) in [6.45, 7) is 13.3. The Morgan fingerprint density at radius 2 is 1.59 bits per heavy atom. The number of rotatable bonds is 5. The van der Waals surface area contributed by atoms with Gasteiger partial charge in [-0.3, -0.25) is 9.59 Å². The predicted octanol–water partition coefficient (Wildman–Crippen LogP) is 2.97. The second-order valence-electron chi connectivity index (χ2n) is 6.53. The van der Waals surface area contributed by atoms with Gasteiger partial charge in [0, 0.05) is 18.7 Å². The third-order valence-electron chi connectivity index (χ3n) is 3.81. The van der Waals surface area contributed by atoms with E-state index in [9.17, 15) is 9.59 Å². The standard InChI is InChI=1S/C18H28N2O2/c1-7-20(8-2)17(22)13(3)19-16(21)14-9-11-15(12-10-14)18(4,5)6/h9-13H,7-8H2,1-6H3,(H,19,21)/t13-/m1/s1. The Balaban J connectivity index is 2.75. The molecule has 1 rings (SSSR count). The summed E-state index contributed by atoms with van der Waals surface area (Å²) in [4.78, 5) is 26.1. The minimum atomic E-state index is -0.519. The van der Waals surface area contributed by atoms with Gasteiger partial charge >= 0.3 is 0 Å². The van der Waals surface area contributed by atoms with Crippen molar-refractivity contribution in [1.82, 2.24) is 10.2 Å². The molecule has 0 heterocycles. The molecule has 4 heteroatoms. The smallest absolute Gasteiger partial charge is 0.251 e. The zero-order valence-electron chi connectivity index (χ0n) is 14.6.